The Morgan fingerprint density at radius 3 is 2.37 bits per heavy atom. The van der Waals surface area contributed by atoms with Crippen LogP contribution in [0.4, 0.5) is 5.69 Å². The number of benzene rings is 2. The van der Waals surface area contributed by atoms with Crippen molar-refractivity contribution in [3.8, 4) is 0 Å². The van der Waals surface area contributed by atoms with Gasteiger partial charge in [-0.2, -0.15) is 0 Å². The van der Waals surface area contributed by atoms with Gasteiger partial charge in [-0.25, -0.2) is 4.98 Å². The van der Waals surface area contributed by atoms with Crippen molar-refractivity contribution in [1.82, 2.24) is 14.5 Å². The third-order valence-electron chi connectivity index (χ3n) is 5.92. The monoisotopic (exact) mass is 494 g/mol. The Morgan fingerprint density at radius 1 is 1.03 bits per heavy atom. The van der Waals surface area contributed by atoms with Gasteiger partial charge in [-0.3, -0.25) is 23.9 Å². The van der Waals surface area contributed by atoms with Crippen LogP contribution in [0.2, 0.25) is 0 Å². The number of anilines is 1. The number of hydrogen-bond donors (Lipinski definition) is 1. The van der Waals surface area contributed by atoms with Gasteiger partial charge in [0.2, 0.25) is 5.91 Å². The average molecular weight is 495 g/mol. The molecule has 3 aromatic rings. The van der Waals surface area contributed by atoms with E-state index in [9.17, 15) is 14.4 Å². The molecule has 1 N–H and O–H groups in total. The maximum atomic E-state index is 13.4. The summed E-state index contributed by atoms with van der Waals surface area (Å²) in [5.41, 5.74) is 1.60. The van der Waals surface area contributed by atoms with E-state index in [0.29, 0.717) is 52.5 Å². The van der Waals surface area contributed by atoms with Gasteiger partial charge >= 0.3 is 0 Å². The Labute approximate surface area is 210 Å². The molecular formula is C27H34N4O3S. The molecule has 186 valence electrons. The topological polar surface area (TPSA) is 84.3 Å². The highest BCUT2D eigenvalue weighted by atomic mass is 32.2. The third-order valence-corrected chi connectivity index (χ3v) is 7.01. The van der Waals surface area contributed by atoms with Crippen LogP contribution >= 0.6 is 11.8 Å². The molecule has 1 heterocycles. The Morgan fingerprint density at radius 2 is 1.71 bits per heavy atom. The number of nitrogens with one attached hydrogen (secondary N) is 1. The van der Waals surface area contributed by atoms with Gasteiger partial charge in [0.1, 0.15) is 0 Å². The van der Waals surface area contributed by atoms with Crippen LogP contribution in [-0.4, -0.2) is 50.0 Å². The van der Waals surface area contributed by atoms with E-state index in [1.165, 1.54) is 18.7 Å². The van der Waals surface area contributed by atoms with E-state index in [4.69, 9.17) is 4.98 Å². The molecule has 1 aromatic heterocycles. The summed E-state index contributed by atoms with van der Waals surface area (Å²) in [7, 11) is 0. The van der Waals surface area contributed by atoms with Crippen molar-refractivity contribution in [1.29, 1.82) is 0 Å². The number of amides is 1. The summed E-state index contributed by atoms with van der Waals surface area (Å²) in [6, 6.07) is 14.8. The van der Waals surface area contributed by atoms with E-state index >= 15 is 0 Å². The number of para-hydroxylation sites is 1. The van der Waals surface area contributed by atoms with Gasteiger partial charge in [-0.05, 0) is 65.8 Å². The van der Waals surface area contributed by atoms with Crippen LogP contribution in [0.15, 0.2) is 58.5 Å². The summed E-state index contributed by atoms with van der Waals surface area (Å²) < 4.78 is 1.69. The molecule has 1 atom stereocenters. The molecule has 8 heteroatoms. The lowest BCUT2D eigenvalue weighted by Gasteiger charge is -2.31. The molecule has 1 amide bonds. The zero-order valence-electron chi connectivity index (χ0n) is 21.2. The number of carbonyl (C=O) groups excluding carboxylic acids is 2. The van der Waals surface area contributed by atoms with Crippen molar-refractivity contribution < 1.29 is 9.59 Å². The standard InChI is InChI=1S/C27H34N4O3S/c1-17(2)30(18(3)4)14-15-31-26(34)23-12-7-8-13-24(23)29-27(31)35-20(6)25(33)28-22-11-9-10-21(16-22)19(5)32/h7-13,16-18,20H,14-15H2,1-6H3,(H,28,33). The lowest BCUT2D eigenvalue weighted by molar-refractivity contribution is -0.115. The second kappa shape index (κ2) is 11.6. The molecule has 1 unspecified atom stereocenters. The highest BCUT2D eigenvalue weighted by Gasteiger charge is 2.21. The Hall–Kier alpha value is -2.97. The predicted molar refractivity (Wildman–Crippen MR) is 143 cm³/mol. The molecule has 0 saturated carbocycles. The molecule has 3 rings (SSSR count). The smallest absolute Gasteiger partial charge is 0.262 e. The second-order valence-electron chi connectivity index (χ2n) is 9.18. The van der Waals surface area contributed by atoms with Crippen LogP contribution in [0.25, 0.3) is 10.9 Å². The minimum atomic E-state index is -0.512. The van der Waals surface area contributed by atoms with Gasteiger partial charge in [0, 0.05) is 36.4 Å². The molecule has 0 spiro atoms. The fraction of sp³-hybridized carbons (Fsp3) is 0.407. The molecule has 7 nitrogen and oxygen atoms in total. The number of fused-ring (bicyclic) bond motifs is 1. The van der Waals surface area contributed by atoms with Crippen LogP contribution in [0.5, 0.6) is 0 Å². The molecule has 0 fully saturated rings. The van der Waals surface area contributed by atoms with Crippen molar-refractivity contribution in [2.24, 2.45) is 0 Å². The highest BCUT2D eigenvalue weighted by molar-refractivity contribution is 8.00. The van der Waals surface area contributed by atoms with Crippen molar-refractivity contribution in [3.63, 3.8) is 0 Å². The summed E-state index contributed by atoms with van der Waals surface area (Å²) in [6.07, 6.45) is 0. The van der Waals surface area contributed by atoms with Gasteiger partial charge < -0.3 is 5.32 Å². The number of hydrogen-bond acceptors (Lipinski definition) is 6. The lowest BCUT2D eigenvalue weighted by atomic mass is 10.1. The SMILES string of the molecule is CC(=O)c1cccc(NC(=O)C(C)Sc2nc3ccccc3c(=O)n2CCN(C(C)C)C(C)C)c1. The van der Waals surface area contributed by atoms with E-state index in [0.717, 1.165) is 0 Å². The van der Waals surface area contributed by atoms with Crippen LogP contribution in [0, 0.1) is 0 Å². The molecule has 0 aliphatic heterocycles. The molecule has 0 saturated heterocycles. The van der Waals surface area contributed by atoms with Crippen molar-refractivity contribution in [3.05, 3.63) is 64.4 Å². The first kappa shape index (κ1) is 26.6. The highest BCUT2D eigenvalue weighted by Crippen LogP contribution is 2.24. The van der Waals surface area contributed by atoms with Gasteiger partial charge in [-0.15, -0.1) is 0 Å². The summed E-state index contributed by atoms with van der Waals surface area (Å²) in [5.74, 6) is -0.291. The summed E-state index contributed by atoms with van der Waals surface area (Å²) in [5, 5.41) is 3.44. The largest absolute Gasteiger partial charge is 0.325 e. The molecular weight excluding hydrogens is 460 g/mol. The lowest BCUT2D eigenvalue weighted by Crippen LogP contribution is -2.40. The van der Waals surface area contributed by atoms with Crippen LogP contribution in [0.1, 0.15) is 51.9 Å². The molecule has 2 aromatic carbocycles. The van der Waals surface area contributed by atoms with Gasteiger partial charge in [0.15, 0.2) is 10.9 Å². The number of carbonyl (C=O) groups is 2. The van der Waals surface area contributed by atoms with Crippen LogP contribution in [0.3, 0.4) is 0 Å². The maximum Gasteiger partial charge on any atom is 0.262 e. The summed E-state index contributed by atoms with van der Waals surface area (Å²) in [4.78, 5) is 45.1. The first-order chi connectivity index (χ1) is 16.6. The van der Waals surface area contributed by atoms with Crippen molar-refractivity contribution >= 4 is 40.0 Å². The zero-order chi connectivity index (χ0) is 25.7. The molecule has 35 heavy (non-hydrogen) atoms. The van der Waals surface area contributed by atoms with Crippen molar-refractivity contribution in [2.75, 3.05) is 11.9 Å². The van der Waals surface area contributed by atoms with Gasteiger partial charge in [0.25, 0.3) is 5.56 Å². The Bertz CT molecular complexity index is 1260. The predicted octanol–water partition coefficient (Wildman–Crippen LogP) is 4.84. The maximum absolute atomic E-state index is 13.4. The fourth-order valence-electron chi connectivity index (χ4n) is 4.03. The number of ketones is 1. The van der Waals surface area contributed by atoms with Gasteiger partial charge in [-0.1, -0.05) is 36.0 Å². The Balaban J connectivity index is 1.88. The van der Waals surface area contributed by atoms with Gasteiger partial charge in [0.05, 0.1) is 16.2 Å². The van der Waals surface area contributed by atoms with Crippen LogP contribution in [-0.2, 0) is 11.3 Å². The number of nitrogens with zero attached hydrogens (tertiary/aromatic N) is 3. The van der Waals surface area contributed by atoms with Crippen molar-refractivity contribution in [2.45, 2.75) is 70.6 Å². The van der Waals surface area contributed by atoms with E-state index in [1.807, 2.05) is 18.2 Å². The quantitative estimate of drug-likeness (QED) is 0.247. The minimum absolute atomic E-state index is 0.0651. The minimum Gasteiger partial charge on any atom is -0.325 e. The van der Waals surface area contributed by atoms with E-state index in [-0.39, 0.29) is 17.2 Å². The first-order valence-corrected chi connectivity index (χ1v) is 12.8. The average Bonchev–Trinajstić information content (AvgIpc) is 2.80. The summed E-state index contributed by atoms with van der Waals surface area (Å²) >= 11 is 1.26. The number of thioether (sulfide) groups is 1. The first-order valence-electron chi connectivity index (χ1n) is 11.9. The van der Waals surface area contributed by atoms with E-state index < -0.39 is 5.25 Å². The zero-order valence-corrected chi connectivity index (χ0v) is 22.1. The molecule has 0 aliphatic carbocycles. The summed E-state index contributed by atoms with van der Waals surface area (Å²) in [6.45, 7) is 13.0. The van der Waals surface area contributed by atoms with E-state index in [2.05, 4.69) is 37.9 Å². The molecule has 0 radical (unpaired) electrons. The molecule has 0 aliphatic rings. The van der Waals surface area contributed by atoms with E-state index in [1.54, 1.807) is 41.8 Å². The normalized spacial score (nSPS) is 12.5. The number of Topliss-reactive ketones (excluding diaryl/α,β-unsaturated/α-hetero) is 1. The molecule has 0 bridgehead atoms. The third kappa shape index (κ3) is 6.58. The fourth-order valence-corrected chi connectivity index (χ4v) is 4.97. The second-order valence-corrected chi connectivity index (χ2v) is 10.5. The number of rotatable bonds is 10. The Kier molecular flexibility index (Phi) is 8.86. The number of aromatic nitrogens is 2. The van der Waals surface area contributed by atoms with Crippen LogP contribution < -0.4 is 10.9 Å².